The number of nitrogens with one attached hydrogen (secondary N) is 1. The predicted octanol–water partition coefficient (Wildman–Crippen LogP) is 3.70. The van der Waals surface area contributed by atoms with Crippen molar-refractivity contribution in [1.82, 2.24) is 14.9 Å². The lowest BCUT2D eigenvalue weighted by Crippen LogP contribution is -2.35. The maximum Gasteiger partial charge on any atom is 0.324 e. The quantitative estimate of drug-likeness (QED) is 0.403. The second kappa shape index (κ2) is 11.5. The van der Waals surface area contributed by atoms with Gasteiger partial charge in [-0.2, -0.15) is 4.98 Å². The van der Waals surface area contributed by atoms with Crippen molar-refractivity contribution in [3.05, 3.63) is 53.9 Å². The summed E-state index contributed by atoms with van der Waals surface area (Å²) < 4.78 is 66.8. The van der Waals surface area contributed by atoms with Crippen molar-refractivity contribution >= 4 is 16.0 Å². The van der Waals surface area contributed by atoms with Crippen molar-refractivity contribution in [3.63, 3.8) is 0 Å². The van der Waals surface area contributed by atoms with Gasteiger partial charge in [0.15, 0.2) is 5.82 Å². The average molecular weight is 537 g/mol. The van der Waals surface area contributed by atoms with Crippen LogP contribution in [0.3, 0.4) is 0 Å². The zero-order valence-electron chi connectivity index (χ0n) is 20.7. The SMILES string of the molecule is CC(C)c1noc(N2CCC(COc3ccc(-c4cc(F)c(S(=O)(=O)NCCO)cc4F)cc3)CC2)n1. The van der Waals surface area contributed by atoms with Gasteiger partial charge in [0, 0.05) is 31.1 Å². The van der Waals surface area contributed by atoms with Gasteiger partial charge in [-0.25, -0.2) is 21.9 Å². The third kappa shape index (κ3) is 6.43. The molecule has 37 heavy (non-hydrogen) atoms. The Kier molecular flexibility index (Phi) is 8.40. The number of aromatic nitrogens is 2. The fourth-order valence-electron chi connectivity index (χ4n) is 4.04. The number of hydrogen-bond donors (Lipinski definition) is 2. The number of sulfonamides is 1. The number of halogens is 2. The number of aliphatic hydroxyl groups is 1. The summed E-state index contributed by atoms with van der Waals surface area (Å²) in [5.41, 5.74) is 0.309. The van der Waals surface area contributed by atoms with E-state index < -0.39 is 33.2 Å². The van der Waals surface area contributed by atoms with E-state index in [2.05, 4.69) is 15.0 Å². The molecule has 4 rings (SSSR count). The Morgan fingerprint density at radius 3 is 2.49 bits per heavy atom. The Labute approximate surface area is 214 Å². The molecule has 0 unspecified atom stereocenters. The molecule has 9 nitrogen and oxygen atoms in total. The summed E-state index contributed by atoms with van der Waals surface area (Å²) in [6, 6.07) is 8.56. The monoisotopic (exact) mass is 536 g/mol. The molecule has 0 bridgehead atoms. The van der Waals surface area contributed by atoms with E-state index >= 15 is 0 Å². The molecule has 0 atom stereocenters. The third-order valence-electron chi connectivity index (χ3n) is 6.20. The van der Waals surface area contributed by atoms with Crippen LogP contribution in [0.15, 0.2) is 45.8 Å². The number of hydrogen-bond acceptors (Lipinski definition) is 8. The number of aliphatic hydroxyl groups excluding tert-OH is 1. The second-order valence-corrected chi connectivity index (χ2v) is 11.0. The lowest BCUT2D eigenvalue weighted by molar-refractivity contribution is 0.220. The lowest BCUT2D eigenvalue weighted by atomic mass is 9.98. The maximum absolute atomic E-state index is 14.7. The third-order valence-corrected chi connectivity index (χ3v) is 7.67. The lowest BCUT2D eigenvalue weighted by Gasteiger charge is -2.30. The summed E-state index contributed by atoms with van der Waals surface area (Å²) >= 11 is 0. The van der Waals surface area contributed by atoms with Gasteiger partial charge in [-0.15, -0.1) is 0 Å². The molecule has 2 heterocycles. The van der Waals surface area contributed by atoms with E-state index in [0.29, 0.717) is 41.7 Å². The summed E-state index contributed by atoms with van der Waals surface area (Å²) in [4.78, 5) is 5.72. The molecular formula is C25H30F2N4O5S. The summed E-state index contributed by atoms with van der Waals surface area (Å²) in [5, 5.41) is 12.8. The minimum Gasteiger partial charge on any atom is -0.493 e. The van der Waals surface area contributed by atoms with Gasteiger partial charge in [0.25, 0.3) is 0 Å². The van der Waals surface area contributed by atoms with Crippen LogP contribution in [0.25, 0.3) is 11.1 Å². The summed E-state index contributed by atoms with van der Waals surface area (Å²) in [5.74, 6) is -0.118. The Hall–Kier alpha value is -3.09. The number of rotatable bonds is 10. The Morgan fingerprint density at radius 2 is 1.86 bits per heavy atom. The molecule has 0 saturated carbocycles. The van der Waals surface area contributed by atoms with Crippen LogP contribution in [0, 0.1) is 17.6 Å². The Bertz CT molecular complexity index is 1310. The van der Waals surface area contributed by atoms with Crippen LogP contribution >= 0.6 is 0 Å². The molecule has 1 fully saturated rings. The van der Waals surface area contributed by atoms with Crippen LogP contribution < -0.4 is 14.4 Å². The van der Waals surface area contributed by atoms with Gasteiger partial charge >= 0.3 is 6.01 Å². The Morgan fingerprint density at radius 1 is 1.16 bits per heavy atom. The van der Waals surface area contributed by atoms with Crippen LogP contribution in [0.4, 0.5) is 14.8 Å². The van der Waals surface area contributed by atoms with Crippen molar-refractivity contribution in [1.29, 1.82) is 0 Å². The van der Waals surface area contributed by atoms with Gasteiger partial charge in [-0.1, -0.05) is 31.1 Å². The smallest absolute Gasteiger partial charge is 0.324 e. The normalized spacial score (nSPS) is 14.9. The summed E-state index contributed by atoms with van der Waals surface area (Å²) in [6.07, 6.45) is 1.81. The first-order valence-corrected chi connectivity index (χ1v) is 13.6. The minimum absolute atomic E-state index is 0.0702. The predicted molar refractivity (Wildman–Crippen MR) is 133 cm³/mol. The molecule has 1 aliphatic heterocycles. The first-order valence-electron chi connectivity index (χ1n) is 12.1. The highest BCUT2D eigenvalue weighted by atomic mass is 32.2. The number of benzene rings is 2. The minimum atomic E-state index is -4.28. The maximum atomic E-state index is 14.7. The highest BCUT2D eigenvalue weighted by Crippen LogP contribution is 2.30. The molecule has 1 aliphatic rings. The topological polar surface area (TPSA) is 118 Å². The second-order valence-electron chi connectivity index (χ2n) is 9.24. The zero-order valence-corrected chi connectivity index (χ0v) is 21.5. The largest absolute Gasteiger partial charge is 0.493 e. The number of nitrogens with zero attached hydrogens (tertiary/aromatic N) is 3. The fourth-order valence-corrected chi connectivity index (χ4v) is 5.13. The van der Waals surface area contributed by atoms with Crippen LogP contribution in [-0.4, -0.2) is 56.5 Å². The molecule has 0 amide bonds. The van der Waals surface area contributed by atoms with Crippen molar-refractivity contribution in [3.8, 4) is 16.9 Å². The Balaban J connectivity index is 1.33. The molecule has 0 aliphatic carbocycles. The molecule has 200 valence electrons. The molecular weight excluding hydrogens is 506 g/mol. The van der Waals surface area contributed by atoms with Gasteiger partial charge in [0.1, 0.15) is 22.3 Å². The summed E-state index contributed by atoms with van der Waals surface area (Å²) in [7, 11) is -4.28. The highest BCUT2D eigenvalue weighted by molar-refractivity contribution is 7.89. The van der Waals surface area contributed by atoms with Crippen molar-refractivity contribution < 1.29 is 31.6 Å². The number of piperidine rings is 1. The van der Waals surface area contributed by atoms with Crippen molar-refractivity contribution in [2.24, 2.45) is 5.92 Å². The van der Waals surface area contributed by atoms with Crippen LogP contribution in [0.2, 0.25) is 0 Å². The van der Waals surface area contributed by atoms with E-state index in [-0.39, 0.29) is 18.0 Å². The first-order chi connectivity index (χ1) is 17.7. The molecule has 2 aromatic carbocycles. The standard InChI is InChI=1S/C25H30F2N4O5S/c1-16(2)24-29-25(36-30-24)31-10-7-17(8-11-31)15-35-19-5-3-18(4-6-19)20-13-22(27)23(14-21(20)26)37(33,34)28-9-12-32/h3-6,13-14,16-17,28,32H,7-12,15H2,1-2H3. The van der Waals surface area contributed by atoms with E-state index in [4.69, 9.17) is 14.4 Å². The van der Waals surface area contributed by atoms with Crippen LogP contribution in [0.1, 0.15) is 38.4 Å². The molecule has 2 N–H and O–H groups in total. The molecule has 1 saturated heterocycles. The number of anilines is 1. The highest BCUT2D eigenvalue weighted by Gasteiger charge is 2.25. The van der Waals surface area contributed by atoms with E-state index in [1.165, 1.54) is 0 Å². The van der Waals surface area contributed by atoms with Crippen LogP contribution in [0.5, 0.6) is 5.75 Å². The molecule has 0 spiro atoms. The molecule has 3 aromatic rings. The summed E-state index contributed by atoms with van der Waals surface area (Å²) in [6.45, 7) is 5.37. The van der Waals surface area contributed by atoms with E-state index in [0.717, 1.165) is 32.0 Å². The average Bonchev–Trinajstić information content (AvgIpc) is 3.39. The van der Waals surface area contributed by atoms with E-state index in [1.807, 2.05) is 18.6 Å². The number of ether oxygens (including phenoxy) is 1. The fraction of sp³-hybridized carbons (Fsp3) is 0.440. The molecule has 0 radical (unpaired) electrons. The molecule has 1 aromatic heterocycles. The van der Waals surface area contributed by atoms with Gasteiger partial charge in [0.05, 0.1) is 13.2 Å². The van der Waals surface area contributed by atoms with Crippen molar-refractivity contribution in [2.45, 2.75) is 37.5 Å². The van der Waals surface area contributed by atoms with E-state index in [1.54, 1.807) is 24.3 Å². The van der Waals surface area contributed by atoms with Gasteiger partial charge in [0.2, 0.25) is 10.0 Å². The molecule has 12 heteroatoms. The zero-order chi connectivity index (χ0) is 26.6. The van der Waals surface area contributed by atoms with Gasteiger partial charge < -0.3 is 19.3 Å². The van der Waals surface area contributed by atoms with Crippen LogP contribution in [-0.2, 0) is 10.0 Å². The van der Waals surface area contributed by atoms with E-state index in [9.17, 15) is 17.2 Å². The van der Waals surface area contributed by atoms with Gasteiger partial charge in [-0.05, 0) is 48.6 Å². The first kappa shape index (κ1) is 27.0. The van der Waals surface area contributed by atoms with Crippen molar-refractivity contribution in [2.75, 3.05) is 37.7 Å². The van der Waals surface area contributed by atoms with Gasteiger partial charge in [-0.3, -0.25) is 0 Å².